The van der Waals surface area contributed by atoms with E-state index in [9.17, 15) is 18.0 Å². The molecule has 0 atom stereocenters. The maximum atomic E-state index is 12.5. The fraction of sp³-hybridized carbons (Fsp3) is 0.250. The third-order valence-electron chi connectivity index (χ3n) is 3.99. The maximum absolute atomic E-state index is 12.5. The van der Waals surface area contributed by atoms with Crippen molar-refractivity contribution in [3.05, 3.63) is 47.7 Å². The first-order chi connectivity index (χ1) is 12.4. The highest BCUT2D eigenvalue weighted by atomic mass is 32.1. The van der Waals surface area contributed by atoms with Crippen LogP contribution in [0.15, 0.2) is 36.5 Å². The Bertz CT molecular complexity index is 952. The zero-order chi connectivity index (χ0) is 18.3. The molecule has 1 aromatic carbocycles. The van der Waals surface area contributed by atoms with Gasteiger partial charge in [0.15, 0.2) is 0 Å². The molecule has 1 fully saturated rings. The largest absolute Gasteiger partial charge is 0.471 e. The van der Waals surface area contributed by atoms with Crippen LogP contribution < -0.4 is 4.74 Å². The van der Waals surface area contributed by atoms with E-state index in [4.69, 9.17) is 4.74 Å². The Morgan fingerprint density at radius 2 is 1.92 bits per heavy atom. The molecule has 1 aliphatic rings. The van der Waals surface area contributed by atoms with Crippen LogP contribution in [-0.2, 0) is 6.18 Å². The number of hydrogen-bond acceptors (Lipinski definition) is 6. The summed E-state index contributed by atoms with van der Waals surface area (Å²) in [7, 11) is 0. The molecular formula is C16H11F3N4O2S. The number of aromatic nitrogens is 3. The highest BCUT2D eigenvalue weighted by Gasteiger charge is 2.34. The lowest BCUT2D eigenvalue weighted by atomic mass is 10.1. The van der Waals surface area contributed by atoms with E-state index in [1.165, 1.54) is 6.07 Å². The van der Waals surface area contributed by atoms with Gasteiger partial charge in [-0.25, -0.2) is 4.98 Å². The second-order valence-corrected chi connectivity index (χ2v) is 6.33. The van der Waals surface area contributed by atoms with Gasteiger partial charge in [0.05, 0.1) is 30.4 Å². The van der Waals surface area contributed by atoms with Crippen LogP contribution in [0.25, 0.3) is 11.0 Å². The number of benzene rings is 1. The summed E-state index contributed by atoms with van der Waals surface area (Å²) in [6, 6.07) is 7.22. The van der Waals surface area contributed by atoms with Crippen LogP contribution >= 0.6 is 11.7 Å². The highest BCUT2D eigenvalue weighted by Crippen LogP contribution is 2.29. The molecule has 0 saturated carbocycles. The third-order valence-corrected chi connectivity index (χ3v) is 4.54. The van der Waals surface area contributed by atoms with E-state index in [0.29, 0.717) is 24.2 Å². The van der Waals surface area contributed by atoms with Crippen LogP contribution in [0, 0.1) is 0 Å². The summed E-state index contributed by atoms with van der Waals surface area (Å²) in [6.45, 7) is 0.684. The molecule has 0 radical (unpaired) electrons. The number of pyridine rings is 1. The van der Waals surface area contributed by atoms with Gasteiger partial charge < -0.3 is 9.64 Å². The van der Waals surface area contributed by atoms with Gasteiger partial charge in [0.1, 0.15) is 17.1 Å². The molecular weight excluding hydrogens is 369 g/mol. The van der Waals surface area contributed by atoms with Crippen LogP contribution in [0.2, 0.25) is 0 Å². The van der Waals surface area contributed by atoms with Gasteiger partial charge in [0, 0.05) is 17.8 Å². The van der Waals surface area contributed by atoms with E-state index < -0.39 is 11.7 Å². The van der Waals surface area contributed by atoms with Crippen molar-refractivity contribution in [3.8, 4) is 5.88 Å². The fourth-order valence-corrected chi connectivity index (χ4v) is 3.08. The van der Waals surface area contributed by atoms with Gasteiger partial charge in [-0.15, -0.1) is 0 Å². The molecule has 4 rings (SSSR count). The number of fused-ring (bicyclic) bond motifs is 1. The van der Waals surface area contributed by atoms with Crippen molar-refractivity contribution < 1.29 is 22.7 Å². The van der Waals surface area contributed by atoms with E-state index in [1.54, 1.807) is 23.1 Å². The normalized spacial score (nSPS) is 15.1. The molecule has 26 heavy (non-hydrogen) atoms. The third kappa shape index (κ3) is 3.19. The van der Waals surface area contributed by atoms with Gasteiger partial charge in [0.25, 0.3) is 5.91 Å². The summed E-state index contributed by atoms with van der Waals surface area (Å²) < 4.78 is 51.2. The van der Waals surface area contributed by atoms with Crippen molar-refractivity contribution in [3.63, 3.8) is 0 Å². The average molecular weight is 380 g/mol. The quantitative estimate of drug-likeness (QED) is 0.699. The summed E-state index contributed by atoms with van der Waals surface area (Å²) in [5.74, 6) is -0.0507. The van der Waals surface area contributed by atoms with E-state index in [-0.39, 0.29) is 17.9 Å². The van der Waals surface area contributed by atoms with Gasteiger partial charge in [0.2, 0.25) is 5.88 Å². The smallest absolute Gasteiger partial charge is 0.417 e. The van der Waals surface area contributed by atoms with Crippen molar-refractivity contribution in [2.75, 3.05) is 13.1 Å². The van der Waals surface area contributed by atoms with Crippen LogP contribution in [0.5, 0.6) is 5.88 Å². The van der Waals surface area contributed by atoms with Gasteiger partial charge in [-0.05, 0) is 24.3 Å². The van der Waals surface area contributed by atoms with Crippen LogP contribution in [0.4, 0.5) is 13.2 Å². The predicted molar refractivity (Wildman–Crippen MR) is 87.0 cm³/mol. The average Bonchev–Trinajstić information content (AvgIpc) is 3.04. The molecule has 6 nitrogen and oxygen atoms in total. The minimum atomic E-state index is -4.43. The Hall–Kier alpha value is -2.75. The predicted octanol–water partition coefficient (Wildman–Crippen LogP) is 3.01. The van der Waals surface area contributed by atoms with Crippen molar-refractivity contribution in [2.45, 2.75) is 12.3 Å². The number of likely N-dealkylation sites (tertiary alicyclic amines) is 1. The molecule has 0 aliphatic carbocycles. The van der Waals surface area contributed by atoms with Crippen molar-refractivity contribution in [2.24, 2.45) is 0 Å². The lowest BCUT2D eigenvalue weighted by Crippen LogP contribution is -2.56. The first-order valence-corrected chi connectivity index (χ1v) is 8.35. The Morgan fingerprint density at radius 1 is 1.15 bits per heavy atom. The van der Waals surface area contributed by atoms with Crippen molar-refractivity contribution in [1.82, 2.24) is 18.6 Å². The molecule has 1 amide bonds. The molecule has 3 heterocycles. The number of halogens is 3. The SMILES string of the molecule is O=C(c1ccc2nsnc2c1)N1CC(Oc2ccc(C(F)(F)F)cn2)C1. The number of carbonyl (C=O) groups excluding carboxylic acids is 1. The van der Waals surface area contributed by atoms with E-state index in [2.05, 4.69) is 13.7 Å². The number of amides is 1. The minimum Gasteiger partial charge on any atom is -0.471 e. The number of alkyl halides is 3. The summed E-state index contributed by atoms with van der Waals surface area (Å²) >= 11 is 1.08. The van der Waals surface area contributed by atoms with Crippen LogP contribution in [0.3, 0.4) is 0 Å². The van der Waals surface area contributed by atoms with E-state index in [1.807, 2.05) is 0 Å². The van der Waals surface area contributed by atoms with E-state index in [0.717, 1.165) is 29.5 Å². The Morgan fingerprint density at radius 3 is 2.62 bits per heavy atom. The van der Waals surface area contributed by atoms with E-state index >= 15 is 0 Å². The van der Waals surface area contributed by atoms with Crippen molar-refractivity contribution in [1.29, 1.82) is 0 Å². The Labute approximate surface area is 149 Å². The summed E-state index contributed by atoms with van der Waals surface area (Å²) in [5, 5.41) is 0. The molecule has 2 aromatic heterocycles. The zero-order valence-corrected chi connectivity index (χ0v) is 13.9. The highest BCUT2D eigenvalue weighted by molar-refractivity contribution is 7.00. The fourth-order valence-electron chi connectivity index (χ4n) is 2.56. The molecule has 10 heteroatoms. The first-order valence-electron chi connectivity index (χ1n) is 7.62. The molecule has 0 spiro atoms. The van der Waals surface area contributed by atoms with Crippen molar-refractivity contribution >= 4 is 28.7 Å². The summed E-state index contributed by atoms with van der Waals surface area (Å²) in [4.78, 5) is 17.7. The molecule has 0 unspecified atom stereocenters. The van der Waals surface area contributed by atoms with Crippen LogP contribution in [0.1, 0.15) is 15.9 Å². The van der Waals surface area contributed by atoms with Gasteiger partial charge in [-0.3, -0.25) is 4.79 Å². The molecule has 0 bridgehead atoms. The number of nitrogens with zero attached hydrogens (tertiary/aromatic N) is 4. The molecule has 1 saturated heterocycles. The van der Waals surface area contributed by atoms with Gasteiger partial charge in [-0.1, -0.05) is 0 Å². The number of rotatable bonds is 3. The second kappa shape index (κ2) is 6.20. The summed E-state index contributed by atoms with van der Waals surface area (Å²) in [6.07, 6.45) is -4.00. The molecule has 134 valence electrons. The second-order valence-electron chi connectivity index (χ2n) is 5.80. The first kappa shape index (κ1) is 16.7. The number of ether oxygens (including phenoxy) is 1. The Balaban J connectivity index is 1.35. The maximum Gasteiger partial charge on any atom is 0.417 e. The molecule has 0 N–H and O–H groups in total. The van der Waals surface area contributed by atoms with Gasteiger partial charge >= 0.3 is 6.18 Å². The van der Waals surface area contributed by atoms with Crippen LogP contribution in [-0.4, -0.2) is 43.7 Å². The standard InChI is InChI=1S/C16H11F3N4O2S/c17-16(18,19)10-2-4-14(20-6-10)25-11-7-23(8-11)15(24)9-1-3-12-13(5-9)22-26-21-12/h1-6,11H,7-8H2. The minimum absolute atomic E-state index is 0.102. The number of hydrogen-bond donors (Lipinski definition) is 0. The molecule has 3 aromatic rings. The lowest BCUT2D eigenvalue weighted by molar-refractivity contribution is -0.137. The summed E-state index contributed by atoms with van der Waals surface area (Å²) in [5.41, 5.74) is 1.09. The van der Waals surface area contributed by atoms with Gasteiger partial charge in [-0.2, -0.15) is 21.9 Å². The number of carbonyl (C=O) groups is 1. The topological polar surface area (TPSA) is 68.2 Å². The molecule has 1 aliphatic heterocycles. The lowest BCUT2D eigenvalue weighted by Gasteiger charge is -2.38. The monoisotopic (exact) mass is 380 g/mol. The Kier molecular flexibility index (Phi) is 3.98. The zero-order valence-electron chi connectivity index (χ0n) is 13.1.